The Morgan fingerprint density at radius 3 is 2.76 bits per heavy atom. The van der Waals surface area contributed by atoms with Crippen LogP contribution in [0.25, 0.3) is 0 Å². The molecule has 0 radical (unpaired) electrons. The highest BCUT2D eigenvalue weighted by atomic mass is 16.2. The Bertz CT molecular complexity index is 707. The molecule has 0 bridgehead atoms. The van der Waals surface area contributed by atoms with Crippen LogP contribution in [0.15, 0.2) is 36.7 Å². The summed E-state index contributed by atoms with van der Waals surface area (Å²) in [6.07, 6.45) is 6.05. The SMILES string of the molecule is CCc1ccc(C(C)NC(=O)CN2CCC(n3cc(C)cn3)C2)cc1. The highest BCUT2D eigenvalue weighted by Gasteiger charge is 2.26. The molecule has 134 valence electrons. The number of carbonyl (C=O) groups is 1. The van der Waals surface area contributed by atoms with Gasteiger partial charge in [-0.2, -0.15) is 5.10 Å². The summed E-state index contributed by atoms with van der Waals surface area (Å²) in [5.74, 6) is 0.0874. The number of rotatable bonds is 6. The van der Waals surface area contributed by atoms with Crippen molar-refractivity contribution in [2.45, 2.75) is 45.7 Å². The number of hydrogen-bond acceptors (Lipinski definition) is 3. The normalized spacial score (nSPS) is 19.1. The molecular formula is C20H28N4O. The Balaban J connectivity index is 1.49. The van der Waals surface area contributed by atoms with Gasteiger partial charge in [0.25, 0.3) is 0 Å². The summed E-state index contributed by atoms with van der Waals surface area (Å²) in [5.41, 5.74) is 3.65. The van der Waals surface area contributed by atoms with Gasteiger partial charge >= 0.3 is 0 Å². The van der Waals surface area contributed by atoms with Crippen molar-refractivity contribution in [3.05, 3.63) is 53.3 Å². The lowest BCUT2D eigenvalue weighted by molar-refractivity contribution is -0.122. The van der Waals surface area contributed by atoms with Crippen molar-refractivity contribution in [3.8, 4) is 0 Å². The van der Waals surface area contributed by atoms with Gasteiger partial charge in [-0.15, -0.1) is 0 Å². The highest BCUT2D eigenvalue weighted by Crippen LogP contribution is 2.21. The van der Waals surface area contributed by atoms with Gasteiger partial charge in [0.15, 0.2) is 0 Å². The van der Waals surface area contributed by atoms with Crippen LogP contribution in [0.1, 0.15) is 49.0 Å². The maximum absolute atomic E-state index is 12.4. The topological polar surface area (TPSA) is 50.2 Å². The minimum Gasteiger partial charge on any atom is -0.348 e. The molecule has 1 aromatic heterocycles. The lowest BCUT2D eigenvalue weighted by Crippen LogP contribution is -2.37. The van der Waals surface area contributed by atoms with Gasteiger partial charge in [-0.3, -0.25) is 14.4 Å². The predicted octanol–water partition coefficient (Wildman–Crippen LogP) is 2.88. The third kappa shape index (κ3) is 4.48. The van der Waals surface area contributed by atoms with Crippen LogP contribution in [0.3, 0.4) is 0 Å². The van der Waals surface area contributed by atoms with Crippen LogP contribution in [-0.2, 0) is 11.2 Å². The smallest absolute Gasteiger partial charge is 0.234 e. The van der Waals surface area contributed by atoms with E-state index in [-0.39, 0.29) is 11.9 Å². The van der Waals surface area contributed by atoms with E-state index < -0.39 is 0 Å². The Hall–Kier alpha value is -2.14. The van der Waals surface area contributed by atoms with E-state index in [2.05, 4.69) is 59.6 Å². The molecule has 25 heavy (non-hydrogen) atoms. The summed E-state index contributed by atoms with van der Waals surface area (Å²) in [6.45, 7) is 8.52. The van der Waals surface area contributed by atoms with E-state index in [9.17, 15) is 4.79 Å². The molecule has 3 rings (SSSR count). The van der Waals surface area contributed by atoms with E-state index in [0.717, 1.165) is 31.5 Å². The second-order valence-electron chi connectivity index (χ2n) is 7.06. The Kier molecular flexibility index (Phi) is 5.53. The van der Waals surface area contributed by atoms with E-state index in [1.54, 1.807) is 0 Å². The summed E-state index contributed by atoms with van der Waals surface area (Å²) in [6, 6.07) is 8.89. The summed E-state index contributed by atoms with van der Waals surface area (Å²) >= 11 is 0. The van der Waals surface area contributed by atoms with Crippen molar-refractivity contribution in [2.24, 2.45) is 0 Å². The molecule has 1 amide bonds. The molecule has 1 aliphatic rings. The number of hydrogen-bond donors (Lipinski definition) is 1. The summed E-state index contributed by atoms with van der Waals surface area (Å²) in [4.78, 5) is 14.6. The van der Waals surface area contributed by atoms with Gasteiger partial charge in [0.05, 0.1) is 24.8 Å². The molecule has 0 aliphatic carbocycles. The van der Waals surface area contributed by atoms with Crippen LogP contribution in [0.2, 0.25) is 0 Å². The largest absolute Gasteiger partial charge is 0.348 e. The molecule has 2 aromatic rings. The van der Waals surface area contributed by atoms with Crippen molar-refractivity contribution in [1.29, 1.82) is 0 Å². The second-order valence-corrected chi connectivity index (χ2v) is 7.06. The Labute approximate surface area is 150 Å². The number of aryl methyl sites for hydroxylation is 2. The van der Waals surface area contributed by atoms with E-state index >= 15 is 0 Å². The van der Waals surface area contributed by atoms with Gasteiger partial charge in [-0.05, 0) is 43.4 Å². The van der Waals surface area contributed by atoms with Crippen LogP contribution in [0, 0.1) is 6.92 Å². The molecule has 0 saturated carbocycles. The molecular weight excluding hydrogens is 312 g/mol. The molecule has 2 atom stereocenters. The maximum Gasteiger partial charge on any atom is 0.234 e. The van der Waals surface area contributed by atoms with E-state index in [1.165, 1.54) is 11.1 Å². The second kappa shape index (κ2) is 7.83. The summed E-state index contributed by atoms with van der Waals surface area (Å²) in [5, 5.41) is 7.52. The molecule has 0 spiro atoms. The quantitative estimate of drug-likeness (QED) is 0.880. The zero-order valence-corrected chi connectivity index (χ0v) is 15.4. The van der Waals surface area contributed by atoms with Crippen LogP contribution in [0.5, 0.6) is 0 Å². The molecule has 1 aliphatic heterocycles. The van der Waals surface area contributed by atoms with Crippen molar-refractivity contribution in [3.63, 3.8) is 0 Å². The first-order chi connectivity index (χ1) is 12.0. The average Bonchev–Trinajstić information content (AvgIpc) is 3.23. The zero-order valence-electron chi connectivity index (χ0n) is 15.4. The summed E-state index contributed by atoms with van der Waals surface area (Å²) < 4.78 is 2.03. The maximum atomic E-state index is 12.4. The molecule has 5 heteroatoms. The highest BCUT2D eigenvalue weighted by molar-refractivity contribution is 5.78. The van der Waals surface area contributed by atoms with Gasteiger partial charge in [0.2, 0.25) is 5.91 Å². The van der Waals surface area contributed by atoms with Gasteiger partial charge in [0, 0.05) is 19.3 Å². The summed E-state index contributed by atoms with van der Waals surface area (Å²) in [7, 11) is 0. The average molecular weight is 340 g/mol. The van der Waals surface area contributed by atoms with Crippen molar-refractivity contribution < 1.29 is 4.79 Å². The third-order valence-corrected chi connectivity index (χ3v) is 4.98. The lowest BCUT2D eigenvalue weighted by atomic mass is 10.1. The molecule has 2 unspecified atom stereocenters. The van der Waals surface area contributed by atoms with Crippen LogP contribution in [0.4, 0.5) is 0 Å². The fourth-order valence-corrected chi connectivity index (χ4v) is 3.42. The Morgan fingerprint density at radius 2 is 2.12 bits per heavy atom. The fourth-order valence-electron chi connectivity index (χ4n) is 3.42. The standard InChI is InChI=1S/C20H28N4O/c1-4-17-5-7-18(8-6-17)16(3)22-20(25)14-23-10-9-19(13-23)24-12-15(2)11-21-24/h5-8,11-12,16,19H,4,9-10,13-14H2,1-3H3,(H,22,25). The van der Waals surface area contributed by atoms with Crippen LogP contribution >= 0.6 is 0 Å². The first-order valence-electron chi connectivity index (χ1n) is 9.16. The molecule has 1 fully saturated rings. The van der Waals surface area contributed by atoms with Crippen LogP contribution < -0.4 is 5.32 Å². The first-order valence-corrected chi connectivity index (χ1v) is 9.16. The van der Waals surface area contributed by atoms with Gasteiger partial charge in [0.1, 0.15) is 0 Å². The fraction of sp³-hybridized carbons (Fsp3) is 0.500. The van der Waals surface area contributed by atoms with E-state index in [1.807, 2.05) is 17.8 Å². The molecule has 1 saturated heterocycles. The number of aromatic nitrogens is 2. The molecule has 5 nitrogen and oxygen atoms in total. The van der Waals surface area contributed by atoms with Crippen LogP contribution in [-0.4, -0.2) is 40.2 Å². The van der Waals surface area contributed by atoms with Gasteiger partial charge in [-0.1, -0.05) is 31.2 Å². The van der Waals surface area contributed by atoms with Gasteiger partial charge < -0.3 is 5.32 Å². The number of amides is 1. The predicted molar refractivity (Wildman–Crippen MR) is 99.4 cm³/mol. The number of likely N-dealkylation sites (tertiary alicyclic amines) is 1. The van der Waals surface area contributed by atoms with E-state index in [4.69, 9.17) is 0 Å². The Morgan fingerprint density at radius 1 is 1.36 bits per heavy atom. The van der Waals surface area contributed by atoms with Gasteiger partial charge in [-0.25, -0.2) is 0 Å². The van der Waals surface area contributed by atoms with Crippen molar-refractivity contribution in [2.75, 3.05) is 19.6 Å². The number of benzene rings is 1. The zero-order chi connectivity index (χ0) is 17.8. The first kappa shape index (κ1) is 17.7. The molecule has 1 N–H and O–H groups in total. The monoisotopic (exact) mass is 340 g/mol. The minimum atomic E-state index is 0.0329. The van der Waals surface area contributed by atoms with Crippen molar-refractivity contribution >= 4 is 5.91 Å². The molecule has 2 heterocycles. The minimum absolute atomic E-state index is 0.0329. The lowest BCUT2D eigenvalue weighted by Gasteiger charge is -2.19. The third-order valence-electron chi connectivity index (χ3n) is 4.98. The van der Waals surface area contributed by atoms with Crippen molar-refractivity contribution in [1.82, 2.24) is 20.0 Å². The number of carbonyl (C=O) groups excluding carboxylic acids is 1. The molecule has 1 aromatic carbocycles. The van der Waals surface area contributed by atoms with E-state index in [0.29, 0.717) is 12.6 Å². The number of nitrogens with zero attached hydrogens (tertiary/aromatic N) is 3. The number of nitrogens with one attached hydrogen (secondary N) is 1.